The molecular weight excluding hydrogens is 500 g/mol. The van der Waals surface area contributed by atoms with Crippen molar-refractivity contribution >= 4 is 17.6 Å². The summed E-state index contributed by atoms with van der Waals surface area (Å²) in [5.74, 6) is -1.00. The second kappa shape index (κ2) is 11.8. The van der Waals surface area contributed by atoms with Crippen molar-refractivity contribution in [2.24, 2.45) is 17.3 Å². The van der Waals surface area contributed by atoms with Crippen LogP contribution >= 0.6 is 0 Å². The molecular formula is C30H44F2N5O2+. The van der Waals surface area contributed by atoms with E-state index in [0.717, 1.165) is 49.9 Å². The number of likely N-dealkylation sites (tertiary alicyclic amines) is 1. The van der Waals surface area contributed by atoms with Gasteiger partial charge in [-0.05, 0) is 81.6 Å². The van der Waals surface area contributed by atoms with E-state index >= 15 is 0 Å². The number of fused-ring (bicyclic) bond motifs is 2. The number of hydrogen-bond donors (Lipinski definition) is 3. The number of carbonyl (C=O) groups is 2. The third-order valence-corrected chi connectivity index (χ3v) is 8.77. The molecule has 39 heavy (non-hydrogen) atoms. The quantitative estimate of drug-likeness (QED) is 0.472. The van der Waals surface area contributed by atoms with E-state index in [2.05, 4.69) is 10.2 Å². The fourth-order valence-corrected chi connectivity index (χ4v) is 6.34. The molecule has 3 amide bonds. The van der Waals surface area contributed by atoms with Crippen LogP contribution < -0.4 is 10.6 Å². The van der Waals surface area contributed by atoms with Crippen molar-refractivity contribution in [3.63, 3.8) is 0 Å². The van der Waals surface area contributed by atoms with E-state index in [0.29, 0.717) is 54.9 Å². The Morgan fingerprint density at radius 3 is 2.46 bits per heavy atom. The fourth-order valence-electron chi connectivity index (χ4n) is 6.34. The second-order valence-electron chi connectivity index (χ2n) is 12.9. The van der Waals surface area contributed by atoms with Crippen molar-refractivity contribution < 1.29 is 23.7 Å². The van der Waals surface area contributed by atoms with Gasteiger partial charge < -0.3 is 9.80 Å². The van der Waals surface area contributed by atoms with Crippen molar-refractivity contribution in [2.75, 3.05) is 27.2 Å². The number of likely N-dealkylation sites (N-methyl/N-ethyl adjacent to an activating group) is 1. The Morgan fingerprint density at radius 1 is 1.10 bits per heavy atom. The molecule has 9 heteroatoms. The second-order valence-corrected chi connectivity index (χ2v) is 12.9. The van der Waals surface area contributed by atoms with Crippen molar-refractivity contribution in [2.45, 2.75) is 77.8 Å². The van der Waals surface area contributed by atoms with Gasteiger partial charge in [0.1, 0.15) is 11.7 Å². The Bertz CT molecular complexity index is 1140. The highest BCUT2D eigenvalue weighted by Gasteiger charge is 2.40. The topological polar surface area (TPSA) is 93.1 Å². The zero-order valence-corrected chi connectivity index (χ0v) is 23.9. The van der Waals surface area contributed by atoms with Gasteiger partial charge in [0, 0.05) is 36.7 Å². The Hall–Kier alpha value is -2.65. The molecule has 214 valence electrons. The summed E-state index contributed by atoms with van der Waals surface area (Å²) in [5.41, 5.74) is 1.42. The summed E-state index contributed by atoms with van der Waals surface area (Å²) < 4.78 is 27.6. The number of urea groups is 1. The summed E-state index contributed by atoms with van der Waals surface area (Å²) in [4.78, 5) is 31.0. The maximum atomic E-state index is 14.0. The van der Waals surface area contributed by atoms with E-state index in [1.54, 1.807) is 5.32 Å². The van der Waals surface area contributed by atoms with Gasteiger partial charge in [-0.15, -0.1) is 0 Å². The van der Waals surface area contributed by atoms with Crippen molar-refractivity contribution in [1.29, 1.82) is 5.41 Å². The first-order valence-electron chi connectivity index (χ1n) is 14.2. The smallest absolute Gasteiger partial charge is 0.339 e. The maximum Gasteiger partial charge on any atom is 0.418 e. The van der Waals surface area contributed by atoms with Crippen LogP contribution in [0.1, 0.15) is 71.3 Å². The molecule has 2 bridgehead atoms. The van der Waals surface area contributed by atoms with Crippen LogP contribution in [-0.4, -0.2) is 66.7 Å². The van der Waals surface area contributed by atoms with Crippen LogP contribution in [0, 0.1) is 34.3 Å². The Labute approximate surface area is 230 Å². The standard InChI is InChI=1S/C30H43F2N5O2/c1-30(2,3)27(28(38)37-13-12-21(17-37)36(4)5)35-29(39)34-25-11-8-18-6-7-19(14-18)15-22(25)26(33)20-9-10-23(31)24(32)16-20/h9-10,16,18-19,21,27,33H,6-8,11-15,17H2,1-5H3,(H2,34,35,39)/p+1/b25-22-,33-26?/t18?,19?,21?,27-/m1/s1. The summed E-state index contributed by atoms with van der Waals surface area (Å²) >= 11 is 0. The molecule has 1 aliphatic heterocycles. The molecule has 1 aromatic carbocycles. The van der Waals surface area contributed by atoms with Gasteiger partial charge in [-0.2, -0.15) is 0 Å². The summed E-state index contributed by atoms with van der Waals surface area (Å²) in [6, 6.07) is 2.78. The van der Waals surface area contributed by atoms with E-state index in [4.69, 9.17) is 5.41 Å². The number of halogens is 2. The van der Waals surface area contributed by atoms with Crippen LogP contribution in [-0.2, 0) is 4.79 Å². The summed E-state index contributed by atoms with van der Waals surface area (Å²) in [6.45, 7) is 7.16. The van der Waals surface area contributed by atoms with Crippen molar-refractivity contribution in [3.05, 3.63) is 46.7 Å². The van der Waals surface area contributed by atoms with E-state index in [-0.39, 0.29) is 17.6 Å². The molecule has 3 unspecified atom stereocenters. The first-order valence-corrected chi connectivity index (χ1v) is 14.2. The molecule has 3 aliphatic rings. The van der Waals surface area contributed by atoms with Crippen LogP contribution in [0.25, 0.3) is 0 Å². The van der Waals surface area contributed by atoms with Crippen LogP contribution in [0.4, 0.5) is 13.6 Å². The molecule has 1 heterocycles. The molecule has 2 aliphatic carbocycles. The molecule has 1 saturated carbocycles. The minimum atomic E-state index is -0.988. The predicted molar refractivity (Wildman–Crippen MR) is 147 cm³/mol. The molecule has 0 radical (unpaired) electrons. The SMILES string of the molecule is CN(C)C1CCN(C(=O)[C@@H](NC(=O)[NH2+]/C2=C(\C(=N)c3ccc(F)c(F)c3)CC3CCC(CC2)C3)C(C)(C)C)C1. The van der Waals surface area contributed by atoms with Crippen LogP contribution in [0.2, 0.25) is 0 Å². The number of quaternary nitrogens is 1. The molecule has 1 saturated heterocycles. The number of nitrogens with two attached hydrogens (primary N) is 1. The van der Waals surface area contributed by atoms with Gasteiger partial charge in [0.15, 0.2) is 11.6 Å². The Morgan fingerprint density at radius 2 is 1.82 bits per heavy atom. The zero-order valence-electron chi connectivity index (χ0n) is 23.9. The summed E-state index contributed by atoms with van der Waals surface area (Å²) in [6.07, 6.45) is 6.40. The molecule has 2 fully saturated rings. The number of benzene rings is 1. The van der Waals surface area contributed by atoms with Gasteiger partial charge in [-0.1, -0.05) is 27.2 Å². The summed E-state index contributed by atoms with van der Waals surface area (Å²) in [5, 5.41) is 13.5. The zero-order chi connectivity index (χ0) is 28.5. The Kier molecular flexibility index (Phi) is 8.91. The van der Waals surface area contributed by atoms with Crippen LogP contribution in [0.15, 0.2) is 29.5 Å². The lowest BCUT2D eigenvalue weighted by atomic mass is 9.85. The third kappa shape index (κ3) is 6.92. The van der Waals surface area contributed by atoms with Crippen molar-refractivity contribution in [1.82, 2.24) is 15.1 Å². The number of hydrogen-bond acceptors (Lipinski definition) is 4. The average molecular weight is 545 g/mol. The van der Waals surface area contributed by atoms with Crippen LogP contribution in [0.5, 0.6) is 0 Å². The molecule has 4 N–H and O–H groups in total. The van der Waals surface area contributed by atoms with Gasteiger partial charge >= 0.3 is 6.03 Å². The minimum absolute atomic E-state index is 0.0759. The summed E-state index contributed by atoms with van der Waals surface area (Å²) in [7, 11) is 4.03. The van der Waals surface area contributed by atoms with Gasteiger partial charge in [0.05, 0.1) is 5.71 Å². The normalized spacial score (nSPS) is 26.4. The fraction of sp³-hybridized carbons (Fsp3) is 0.633. The maximum absolute atomic E-state index is 14.0. The minimum Gasteiger partial charge on any atom is -0.339 e. The number of allylic oxidation sites excluding steroid dienone is 2. The number of primary amides is 1. The third-order valence-electron chi connectivity index (χ3n) is 8.77. The van der Waals surface area contributed by atoms with Gasteiger partial charge in [0.25, 0.3) is 0 Å². The van der Waals surface area contributed by atoms with Gasteiger partial charge in [-0.3, -0.25) is 15.5 Å². The lowest BCUT2D eigenvalue weighted by Crippen LogP contribution is -2.90. The highest BCUT2D eigenvalue weighted by Crippen LogP contribution is 2.40. The van der Waals surface area contributed by atoms with Crippen molar-refractivity contribution in [3.8, 4) is 0 Å². The molecule has 4 atom stereocenters. The number of carbonyl (C=O) groups excluding carboxylic acids is 2. The van der Waals surface area contributed by atoms with Crippen LogP contribution in [0.3, 0.4) is 0 Å². The molecule has 4 rings (SSSR count). The number of nitrogens with zero attached hydrogens (tertiary/aromatic N) is 2. The molecule has 1 aromatic rings. The number of amides is 3. The first-order chi connectivity index (χ1) is 18.3. The van der Waals surface area contributed by atoms with Gasteiger partial charge in [0.2, 0.25) is 5.91 Å². The highest BCUT2D eigenvalue weighted by molar-refractivity contribution is 6.10. The van der Waals surface area contributed by atoms with E-state index < -0.39 is 23.1 Å². The number of nitrogens with one attached hydrogen (secondary N) is 2. The Balaban J connectivity index is 1.57. The average Bonchev–Trinajstić information content (AvgIpc) is 3.54. The molecule has 7 nitrogen and oxygen atoms in total. The first kappa shape index (κ1) is 29.3. The highest BCUT2D eigenvalue weighted by atomic mass is 19.2. The van der Waals surface area contributed by atoms with E-state index in [9.17, 15) is 18.4 Å². The predicted octanol–water partition coefficient (Wildman–Crippen LogP) is 4.04. The molecule has 0 spiro atoms. The van der Waals surface area contributed by atoms with E-state index in [1.807, 2.05) is 39.8 Å². The lowest BCUT2D eigenvalue weighted by molar-refractivity contribution is -0.507. The van der Waals surface area contributed by atoms with E-state index in [1.165, 1.54) is 6.07 Å². The monoisotopic (exact) mass is 544 g/mol. The number of rotatable bonds is 6. The van der Waals surface area contributed by atoms with Gasteiger partial charge in [-0.25, -0.2) is 18.9 Å². The largest absolute Gasteiger partial charge is 0.418 e. The molecule has 0 aromatic heterocycles. The lowest BCUT2D eigenvalue weighted by Gasteiger charge is -2.33.